The molecule has 4 heterocycles. The predicted octanol–water partition coefficient (Wildman–Crippen LogP) is 4.16. The molecule has 1 aromatic carbocycles. The number of ether oxygens (including phenoxy) is 1. The molecule has 5 rings (SSSR count). The second kappa shape index (κ2) is 9.77. The minimum atomic E-state index is -0.586. The molecule has 2 amide bonds. The van der Waals surface area contributed by atoms with Crippen molar-refractivity contribution in [1.82, 2.24) is 24.6 Å². The number of nitrogen functional groups attached to an aromatic ring is 1. The van der Waals surface area contributed by atoms with Gasteiger partial charge in [-0.15, -0.1) is 0 Å². The van der Waals surface area contributed by atoms with Gasteiger partial charge in [0, 0.05) is 23.6 Å². The summed E-state index contributed by atoms with van der Waals surface area (Å²) in [4.78, 5) is 37.0. The topological polar surface area (TPSA) is 163 Å². The van der Waals surface area contributed by atoms with Gasteiger partial charge in [-0.25, -0.2) is 29.1 Å². The molecule has 0 aliphatic heterocycles. The van der Waals surface area contributed by atoms with Gasteiger partial charge < -0.3 is 20.2 Å². The molecule has 5 aromatic rings. The molecular formula is C25H22N8O4. The fourth-order valence-corrected chi connectivity index (χ4v) is 3.79. The van der Waals surface area contributed by atoms with Crippen molar-refractivity contribution in [2.45, 2.75) is 13.8 Å². The van der Waals surface area contributed by atoms with Crippen LogP contribution in [0.3, 0.4) is 0 Å². The maximum atomic E-state index is 12.4. The molecule has 37 heavy (non-hydrogen) atoms. The van der Waals surface area contributed by atoms with Crippen molar-refractivity contribution in [3.63, 3.8) is 0 Å². The van der Waals surface area contributed by atoms with Crippen LogP contribution in [0.5, 0.6) is 0 Å². The first-order valence-electron chi connectivity index (χ1n) is 11.3. The van der Waals surface area contributed by atoms with E-state index in [0.717, 1.165) is 11.1 Å². The number of pyridine rings is 1. The quantitative estimate of drug-likeness (QED) is 0.292. The van der Waals surface area contributed by atoms with Crippen molar-refractivity contribution in [2.75, 3.05) is 23.0 Å². The highest BCUT2D eigenvalue weighted by atomic mass is 16.5. The zero-order valence-electron chi connectivity index (χ0n) is 19.9. The molecule has 0 unspecified atom stereocenters. The van der Waals surface area contributed by atoms with Gasteiger partial charge in [0.2, 0.25) is 5.89 Å². The minimum Gasteiger partial charge on any atom is -0.461 e. The van der Waals surface area contributed by atoms with Crippen molar-refractivity contribution >= 4 is 34.8 Å². The van der Waals surface area contributed by atoms with E-state index in [1.807, 2.05) is 13.0 Å². The summed E-state index contributed by atoms with van der Waals surface area (Å²) in [5, 5.41) is 9.72. The van der Waals surface area contributed by atoms with Crippen LogP contribution in [0, 0.1) is 6.92 Å². The third-order valence-electron chi connectivity index (χ3n) is 5.41. The van der Waals surface area contributed by atoms with E-state index < -0.39 is 12.0 Å². The van der Waals surface area contributed by atoms with Crippen LogP contribution in [0.2, 0.25) is 0 Å². The molecule has 4 N–H and O–H groups in total. The molecule has 0 bridgehead atoms. The Morgan fingerprint density at radius 3 is 2.70 bits per heavy atom. The molecule has 186 valence electrons. The number of nitrogens with one attached hydrogen (secondary N) is 2. The number of hydrogen-bond donors (Lipinski definition) is 3. The lowest BCUT2D eigenvalue weighted by molar-refractivity contribution is 0.0519. The number of esters is 1. The Hall–Kier alpha value is -5.26. The molecular weight excluding hydrogens is 476 g/mol. The number of urea groups is 1. The second-order valence-electron chi connectivity index (χ2n) is 7.99. The Morgan fingerprint density at radius 2 is 1.95 bits per heavy atom. The molecule has 12 heteroatoms. The highest BCUT2D eigenvalue weighted by Gasteiger charge is 2.23. The summed E-state index contributed by atoms with van der Waals surface area (Å²) in [6.07, 6.45) is 5.89. The van der Waals surface area contributed by atoms with Gasteiger partial charge in [0.25, 0.3) is 0 Å². The number of amides is 2. The lowest BCUT2D eigenvalue weighted by atomic mass is 10.0. The molecule has 0 atom stereocenters. The molecule has 0 aliphatic carbocycles. The van der Waals surface area contributed by atoms with Crippen molar-refractivity contribution in [3.8, 4) is 22.6 Å². The normalized spacial score (nSPS) is 10.9. The summed E-state index contributed by atoms with van der Waals surface area (Å²) in [6, 6.07) is 10.3. The third-order valence-corrected chi connectivity index (χ3v) is 5.41. The number of nitrogens with two attached hydrogens (primary N) is 1. The smallest absolute Gasteiger partial charge is 0.360 e. The SMILES string of the molecule is CCOC(=O)c1coc(-c2cn3ncnc(N)c3c2-c2ccc(NC(=O)Nc3cc(C)ccn3)cc2)n1. The molecule has 0 radical (unpaired) electrons. The first-order valence-corrected chi connectivity index (χ1v) is 11.3. The van der Waals surface area contributed by atoms with Crippen molar-refractivity contribution < 1.29 is 18.7 Å². The van der Waals surface area contributed by atoms with Gasteiger partial charge in [-0.3, -0.25) is 5.32 Å². The molecule has 0 aliphatic rings. The van der Waals surface area contributed by atoms with E-state index in [9.17, 15) is 9.59 Å². The zero-order valence-corrected chi connectivity index (χ0v) is 19.9. The number of hydrogen-bond acceptors (Lipinski definition) is 9. The van der Waals surface area contributed by atoms with Crippen LogP contribution in [0.1, 0.15) is 23.0 Å². The Balaban J connectivity index is 1.46. The van der Waals surface area contributed by atoms with Gasteiger partial charge in [0.15, 0.2) is 11.5 Å². The minimum absolute atomic E-state index is 0.0470. The average Bonchev–Trinajstić information content (AvgIpc) is 3.51. The molecule has 0 saturated carbocycles. The van der Waals surface area contributed by atoms with Gasteiger partial charge in [-0.2, -0.15) is 5.10 Å². The van der Waals surface area contributed by atoms with Crippen LogP contribution in [0.15, 0.2) is 65.8 Å². The van der Waals surface area contributed by atoms with E-state index in [1.54, 1.807) is 54.2 Å². The second-order valence-corrected chi connectivity index (χ2v) is 7.99. The number of anilines is 3. The van der Waals surface area contributed by atoms with Crippen LogP contribution in [0.4, 0.5) is 22.1 Å². The van der Waals surface area contributed by atoms with Crippen LogP contribution < -0.4 is 16.4 Å². The van der Waals surface area contributed by atoms with E-state index >= 15 is 0 Å². The molecule has 0 fully saturated rings. The number of aryl methyl sites for hydroxylation is 1. The van der Waals surface area contributed by atoms with E-state index in [4.69, 9.17) is 14.9 Å². The fraction of sp³-hybridized carbons (Fsp3) is 0.120. The van der Waals surface area contributed by atoms with E-state index in [-0.39, 0.29) is 24.0 Å². The number of benzene rings is 1. The number of rotatable bonds is 6. The Labute approximate surface area is 210 Å². The van der Waals surface area contributed by atoms with Crippen LogP contribution in [-0.2, 0) is 4.74 Å². The summed E-state index contributed by atoms with van der Waals surface area (Å²) in [5.41, 5.74) is 10.2. The van der Waals surface area contributed by atoms with Gasteiger partial charge in [-0.05, 0) is 49.2 Å². The van der Waals surface area contributed by atoms with Crippen molar-refractivity contribution in [1.29, 1.82) is 0 Å². The number of carbonyl (C=O) groups excluding carboxylic acids is 2. The largest absolute Gasteiger partial charge is 0.461 e. The van der Waals surface area contributed by atoms with Gasteiger partial charge >= 0.3 is 12.0 Å². The summed E-state index contributed by atoms with van der Waals surface area (Å²) in [6.45, 7) is 3.84. The molecule has 0 saturated heterocycles. The molecule has 0 spiro atoms. The van der Waals surface area contributed by atoms with Gasteiger partial charge in [-0.1, -0.05) is 12.1 Å². The Bertz CT molecular complexity index is 1610. The first kappa shape index (κ1) is 23.5. The van der Waals surface area contributed by atoms with Crippen LogP contribution in [0.25, 0.3) is 28.1 Å². The maximum absolute atomic E-state index is 12.4. The Morgan fingerprint density at radius 1 is 1.14 bits per heavy atom. The average molecular weight is 499 g/mol. The number of aromatic nitrogens is 5. The first-order chi connectivity index (χ1) is 17.9. The van der Waals surface area contributed by atoms with E-state index in [2.05, 4.69) is 30.7 Å². The Kier molecular flexibility index (Phi) is 6.20. The maximum Gasteiger partial charge on any atom is 0.360 e. The molecule has 12 nitrogen and oxygen atoms in total. The van der Waals surface area contributed by atoms with E-state index in [1.165, 1.54) is 12.6 Å². The standard InChI is InChI=1S/C25H22N8O4/c1-3-36-24(34)18-12-37-23(31-18)17-11-33-21(22(26)28-13-29-33)20(17)15-4-6-16(7-5-15)30-25(35)32-19-10-14(2)8-9-27-19/h4-13H,3H2,1-2H3,(H2,26,28,29)(H2,27,30,32,35). The summed E-state index contributed by atoms with van der Waals surface area (Å²) in [5.74, 6) is 0.301. The van der Waals surface area contributed by atoms with E-state index in [0.29, 0.717) is 28.1 Å². The number of fused-ring (bicyclic) bond motifs is 1. The van der Waals surface area contributed by atoms with Crippen LogP contribution >= 0.6 is 0 Å². The monoisotopic (exact) mass is 498 g/mol. The van der Waals surface area contributed by atoms with Crippen molar-refractivity contribution in [3.05, 3.63) is 72.6 Å². The highest BCUT2D eigenvalue weighted by Crippen LogP contribution is 2.38. The molecule has 4 aromatic heterocycles. The third kappa shape index (κ3) is 4.80. The van der Waals surface area contributed by atoms with Gasteiger partial charge in [0.1, 0.15) is 23.9 Å². The van der Waals surface area contributed by atoms with Crippen LogP contribution in [-0.4, -0.2) is 43.2 Å². The zero-order chi connectivity index (χ0) is 25.9. The number of nitrogens with zero attached hydrogens (tertiary/aromatic N) is 5. The number of oxazole rings is 1. The predicted molar refractivity (Wildman–Crippen MR) is 136 cm³/mol. The summed E-state index contributed by atoms with van der Waals surface area (Å²) < 4.78 is 12.2. The fourth-order valence-electron chi connectivity index (χ4n) is 3.79. The summed E-state index contributed by atoms with van der Waals surface area (Å²) in [7, 11) is 0. The summed E-state index contributed by atoms with van der Waals surface area (Å²) >= 11 is 0. The van der Waals surface area contributed by atoms with Gasteiger partial charge in [0.05, 0.1) is 12.2 Å². The van der Waals surface area contributed by atoms with Crippen molar-refractivity contribution in [2.24, 2.45) is 0 Å². The lowest BCUT2D eigenvalue weighted by Gasteiger charge is -2.09. The lowest BCUT2D eigenvalue weighted by Crippen LogP contribution is -2.20. The number of carbonyl (C=O) groups is 2. The highest BCUT2D eigenvalue weighted by molar-refractivity contribution is 6.00.